The second kappa shape index (κ2) is 7.96. The van der Waals surface area contributed by atoms with Gasteiger partial charge in [-0.25, -0.2) is 8.51 Å². The SMILES string of the molecule is O=C(O)C1CCc2ccc(S(=O)N3CC=C(c4ccc(C(F)(F)F)cn4)CC3)cc21. The Morgan fingerprint density at radius 1 is 1.20 bits per heavy atom. The molecule has 9 heteroatoms. The molecule has 0 saturated heterocycles. The molecule has 5 nitrogen and oxygen atoms in total. The maximum absolute atomic E-state index is 13.0. The lowest BCUT2D eigenvalue weighted by Gasteiger charge is -2.25. The molecule has 0 spiro atoms. The van der Waals surface area contributed by atoms with Crippen LogP contribution in [-0.2, 0) is 28.4 Å². The van der Waals surface area contributed by atoms with Crippen LogP contribution in [0.2, 0.25) is 0 Å². The number of halogens is 3. The summed E-state index contributed by atoms with van der Waals surface area (Å²) < 4.78 is 52.8. The number of benzene rings is 1. The third-order valence-electron chi connectivity index (χ3n) is 5.52. The van der Waals surface area contributed by atoms with E-state index >= 15 is 0 Å². The first-order valence-corrected chi connectivity index (χ1v) is 10.6. The highest BCUT2D eigenvalue weighted by Crippen LogP contribution is 2.35. The fraction of sp³-hybridized carbons (Fsp3) is 0.333. The van der Waals surface area contributed by atoms with E-state index in [0.717, 1.165) is 29.0 Å². The zero-order chi connectivity index (χ0) is 21.5. The molecule has 1 N–H and O–H groups in total. The van der Waals surface area contributed by atoms with Crippen molar-refractivity contribution in [2.24, 2.45) is 0 Å². The summed E-state index contributed by atoms with van der Waals surface area (Å²) in [6, 6.07) is 7.72. The lowest BCUT2D eigenvalue weighted by Crippen LogP contribution is -2.30. The van der Waals surface area contributed by atoms with Gasteiger partial charge in [-0.1, -0.05) is 12.1 Å². The van der Waals surface area contributed by atoms with Crippen LogP contribution >= 0.6 is 0 Å². The lowest BCUT2D eigenvalue weighted by atomic mass is 10.0. The number of rotatable bonds is 4. The van der Waals surface area contributed by atoms with Gasteiger partial charge in [-0.2, -0.15) is 13.2 Å². The van der Waals surface area contributed by atoms with Crippen LogP contribution in [0.3, 0.4) is 0 Å². The molecule has 158 valence electrons. The highest BCUT2D eigenvalue weighted by molar-refractivity contribution is 7.82. The number of aromatic nitrogens is 1. The predicted molar refractivity (Wildman–Crippen MR) is 105 cm³/mol. The van der Waals surface area contributed by atoms with Crippen LogP contribution in [0.5, 0.6) is 0 Å². The third kappa shape index (κ3) is 4.04. The van der Waals surface area contributed by atoms with E-state index in [2.05, 4.69) is 4.98 Å². The van der Waals surface area contributed by atoms with E-state index in [9.17, 15) is 27.3 Å². The largest absolute Gasteiger partial charge is 0.481 e. The number of hydrogen-bond donors (Lipinski definition) is 1. The zero-order valence-electron chi connectivity index (χ0n) is 15.9. The summed E-state index contributed by atoms with van der Waals surface area (Å²) >= 11 is 0. The maximum Gasteiger partial charge on any atom is 0.417 e. The number of aryl methyl sites for hydroxylation is 1. The molecule has 2 aromatic rings. The molecule has 4 rings (SSSR count). The second-order valence-corrected chi connectivity index (χ2v) is 8.82. The fourth-order valence-corrected chi connectivity index (χ4v) is 5.06. The number of carboxylic acid groups (broad SMARTS) is 1. The summed E-state index contributed by atoms with van der Waals surface area (Å²) in [6.45, 7) is 0.824. The molecule has 2 unspecified atom stereocenters. The molecule has 1 aromatic heterocycles. The Morgan fingerprint density at radius 2 is 2.00 bits per heavy atom. The van der Waals surface area contributed by atoms with Crippen LogP contribution in [0.15, 0.2) is 47.5 Å². The minimum absolute atomic E-state index is 0.365. The summed E-state index contributed by atoms with van der Waals surface area (Å²) in [6.07, 6.45) is -0.0111. The van der Waals surface area contributed by atoms with Gasteiger partial charge in [-0.05, 0) is 60.2 Å². The minimum atomic E-state index is -4.42. The van der Waals surface area contributed by atoms with Gasteiger partial charge in [0.2, 0.25) is 0 Å². The first-order valence-electron chi connectivity index (χ1n) is 9.49. The van der Waals surface area contributed by atoms with Crippen molar-refractivity contribution in [2.45, 2.75) is 36.3 Å². The minimum Gasteiger partial charge on any atom is -0.481 e. The van der Waals surface area contributed by atoms with E-state index in [1.54, 1.807) is 16.4 Å². The van der Waals surface area contributed by atoms with E-state index in [1.165, 1.54) is 6.07 Å². The molecule has 1 aliphatic heterocycles. The molecular weight excluding hydrogens is 417 g/mol. The standard InChI is InChI=1S/C21H19F3N2O3S/c22-21(23,24)15-3-6-19(25-12-15)14-7-9-26(10-8-14)30(29)16-4-1-13-2-5-17(20(27)28)18(13)11-16/h1,3-4,6-7,11-12,17H,2,5,8-10H2,(H,27,28). The van der Waals surface area contributed by atoms with Gasteiger partial charge >= 0.3 is 12.1 Å². The van der Waals surface area contributed by atoms with Crippen LogP contribution in [0, 0.1) is 0 Å². The monoisotopic (exact) mass is 436 g/mol. The van der Waals surface area contributed by atoms with Gasteiger partial charge in [0.25, 0.3) is 0 Å². The summed E-state index contributed by atoms with van der Waals surface area (Å²) in [5, 5.41) is 9.37. The van der Waals surface area contributed by atoms with Crippen molar-refractivity contribution < 1.29 is 27.3 Å². The van der Waals surface area contributed by atoms with Crippen molar-refractivity contribution in [2.75, 3.05) is 13.1 Å². The number of hydrogen-bond acceptors (Lipinski definition) is 3. The lowest BCUT2D eigenvalue weighted by molar-refractivity contribution is -0.139. The van der Waals surface area contributed by atoms with Crippen molar-refractivity contribution in [3.63, 3.8) is 0 Å². The smallest absolute Gasteiger partial charge is 0.417 e. The molecule has 0 saturated carbocycles. The van der Waals surface area contributed by atoms with Gasteiger partial charge in [-0.3, -0.25) is 9.78 Å². The summed E-state index contributed by atoms with van der Waals surface area (Å²) in [5.74, 6) is -1.43. The molecule has 1 aromatic carbocycles. The van der Waals surface area contributed by atoms with Gasteiger partial charge in [0.05, 0.1) is 22.1 Å². The average molecular weight is 436 g/mol. The summed E-state index contributed by atoms with van der Waals surface area (Å²) in [5.41, 5.74) is 2.22. The van der Waals surface area contributed by atoms with E-state index < -0.39 is 34.6 Å². The van der Waals surface area contributed by atoms with Crippen molar-refractivity contribution in [1.29, 1.82) is 0 Å². The highest BCUT2D eigenvalue weighted by Gasteiger charge is 2.31. The molecule has 0 bridgehead atoms. The number of fused-ring (bicyclic) bond motifs is 1. The van der Waals surface area contributed by atoms with Crippen LogP contribution < -0.4 is 0 Å². The molecule has 30 heavy (non-hydrogen) atoms. The van der Waals surface area contributed by atoms with Gasteiger partial charge in [0, 0.05) is 19.3 Å². The van der Waals surface area contributed by atoms with Crippen LogP contribution in [-0.4, -0.2) is 37.7 Å². The average Bonchev–Trinajstić information content (AvgIpc) is 3.16. The Balaban J connectivity index is 1.48. The molecule has 2 atom stereocenters. The maximum atomic E-state index is 13.0. The van der Waals surface area contributed by atoms with E-state index in [0.29, 0.717) is 42.9 Å². The van der Waals surface area contributed by atoms with Crippen LogP contribution in [0.1, 0.15) is 41.1 Å². The topological polar surface area (TPSA) is 70.5 Å². The van der Waals surface area contributed by atoms with Crippen molar-refractivity contribution in [1.82, 2.24) is 9.29 Å². The van der Waals surface area contributed by atoms with Crippen LogP contribution in [0.4, 0.5) is 13.2 Å². The van der Waals surface area contributed by atoms with Gasteiger partial charge in [0.1, 0.15) is 11.0 Å². The molecule has 0 fully saturated rings. The highest BCUT2D eigenvalue weighted by atomic mass is 32.2. The van der Waals surface area contributed by atoms with Crippen molar-refractivity contribution >= 4 is 22.5 Å². The molecular formula is C21H19F3N2O3S. The van der Waals surface area contributed by atoms with Crippen LogP contribution in [0.25, 0.3) is 5.57 Å². The quantitative estimate of drug-likeness (QED) is 0.786. The number of pyridine rings is 1. The molecule has 0 radical (unpaired) electrons. The Kier molecular flexibility index (Phi) is 5.50. The van der Waals surface area contributed by atoms with E-state index in [4.69, 9.17) is 0 Å². The summed E-state index contributed by atoms with van der Waals surface area (Å²) in [4.78, 5) is 15.9. The Labute approximate surface area is 173 Å². The Morgan fingerprint density at radius 3 is 2.60 bits per heavy atom. The Bertz CT molecular complexity index is 1030. The summed E-state index contributed by atoms with van der Waals surface area (Å²) in [7, 11) is -1.45. The van der Waals surface area contributed by atoms with Gasteiger partial charge in [0.15, 0.2) is 0 Å². The third-order valence-corrected chi connectivity index (χ3v) is 6.98. The van der Waals surface area contributed by atoms with Crippen molar-refractivity contribution in [3.05, 3.63) is 65.0 Å². The molecule has 2 heterocycles. The zero-order valence-corrected chi connectivity index (χ0v) is 16.7. The second-order valence-electron chi connectivity index (χ2n) is 7.34. The number of alkyl halides is 3. The molecule has 0 amide bonds. The van der Waals surface area contributed by atoms with E-state index in [1.807, 2.05) is 12.1 Å². The van der Waals surface area contributed by atoms with E-state index in [-0.39, 0.29) is 0 Å². The molecule has 2 aliphatic rings. The molecule has 1 aliphatic carbocycles. The number of carbonyl (C=O) groups is 1. The predicted octanol–water partition coefficient (Wildman–Crippen LogP) is 4.03. The first-order chi connectivity index (χ1) is 14.2. The van der Waals surface area contributed by atoms with Gasteiger partial charge in [-0.15, -0.1) is 0 Å². The normalized spacial score (nSPS) is 20.5. The Hall–Kier alpha value is -2.52. The van der Waals surface area contributed by atoms with Gasteiger partial charge < -0.3 is 5.11 Å². The fourth-order valence-electron chi connectivity index (χ4n) is 3.88. The first kappa shape index (κ1) is 20.7. The van der Waals surface area contributed by atoms with Crippen molar-refractivity contribution in [3.8, 4) is 0 Å². The number of nitrogens with zero attached hydrogens (tertiary/aromatic N) is 2. The number of carboxylic acids is 1. The number of aliphatic carboxylic acids is 1.